The van der Waals surface area contributed by atoms with Crippen LogP contribution in [0, 0.1) is 11.8 Å². The average molecular weight is 314 g/mol. The second kappa shape index (κ2) is 5.93. The third-order valence-corrected chi connectivity index (χ3v) is 5.82. The monoisotopic (exact) mass is 314 g/mol. The van der Waals surface area contributed by atoms with Crippen molar-refractivity contribution in [3.63, 3.8) is 0 Å². The fourth-order valence-electron chi connectivity index (χ4n) is 4.58. The van der Waals surface area contributed by atoms with Crippen LogP contribution in [0.2, 0.25) is 0 Å². The van der Waals surface area contributed by atoms with Crippen molar-refractivity contribution in [1.29, 1.82) is 0 Å². The Kier molecular flexibility index (Phi) is 3.92. The fraction of sp³-hybridized carbons (Fsp3) is 0.579. The quantitative estimate of drug-likeness (QED) is 0.913. The molecule has 4 rings (SSSR count). The zero-order valence-corrected chi connectivity index (χ0v) is 13.7. The van der Waals surface area contributed by atoms with Gasteiger partial charge in [0.1, 0.15) is 0 Å². The van der Waals surface area contributed by atoms with Crippen molar-refractivity contribution in [3.8, 4) is 0 Å². The van der Waals surface area contributed by atoms with Gasteiger partial charge in [-0.25, -0.2) is 0 Å². The molecule has 0 unspecified atom stereocenters. The number of aromatic nitrogens is 1. The van der Waals surface area contributed by atoms with Gasteiger partial charge in [-0.1, -0.05) is 12.1 Å². The smallest absolute Gasteiger partial charge is 0.0802 e. The summed E-state index contributed by atoms with van der Waals surface area (Å²) in [5.41, 5.74) is 2.70. The fourth-order valence-corrected chi connectivity index (χ4v) is 4.58. The minimum atomic E-state index is -0.529. The second-order valence-electron chi connectivity index (χ2n) is 7.27. The van der Waals surface area contributed by atoms with Gasteiger partial charge in [0, 0.05) is 43.3 Å². The highest BCUT2D eigenvalue weighted by molar-refractivity contribution is 5.83. The number of hydrogen-bond acceptors (Lipinski definition) is 3. The first-order valence-electron chi connectivity index (χ1n) is 8.81. The molecule has 4 heteroatoms. The molecule has 1 aromatic carbocycles. The van der Waals surface area contributed by atoms with E-state index in [1.807, 2.05) is 0 Å². The first-order chi connectivity index (χ1) is 11.2. The van der Waals surface area contributed by atoms with E-state index in [-0.39, 0.29) is 0 Å². The lowest BCUT2D eigenvalue weighted by Crippen LogP contribution is -2.38. The van der Waals surface area contributed by atoms with Crippen LogP contribution in [0.4, 0.5) is 0 Å². The topological polar surface area (TPSA) is 48.6 Å². The van der Waals surface area contributed by atoms with Crippen LogP contribution in [-0.4, -0.2) is 45.0 Å². The molecule has 2 aliphatic rings. The van der Waals surface area contributed by atoms with Gasteiger partial charge in [0.2, 0.25) is 0 Å². The molecule has 1 aromatic heterocycles. The molecule has 4 atom stereocenters. The van der Waals surface area contributed by atoms with E-state index in [2.05, 4.69) is 46.9 Å². The number of benzene rings is 1. The molecule has 0 bridgehead atoms. The van der Waals surface area contributed by atoms with Gasteiger partial charge in [-0.15, -0.1) is 0 Å². The molecule has 0 amide bonds. The summed E-state index contributed by atoms with van der Waals surface area (Å²) in [6, 6.07) is 8.80. The predicted molar refractivity (Wildman–Crippen MR) is 91.1 cm³/mol. The molecule has 1 saturated carbocycles. The first kappa shape index (κ1) is 15.2. The van der Waals surface area contributed by atoms with Crippen molar-refractivity contribution in [3.05, 3.63) is 36.0 Å². The van der Waals surface area contributed by atoms with Crippen LogP contribution < -0.4 is 0 Å². The molecule has 2 N–H and O–H groups in total. The number of fused-ring (bicyclic) bond motifs is 2. The van der Waals surface area contributed by atoms with Crippen molar-refractivity contribution in [2.24, 2.45) is 11.8 Å². The Labute approximate surface area is 137 Å². The van der Waals surface area contributed by atoms with E-state index < -0.39 is 12.2 Å². The average Bonchev–Trinajstić information content (AvgIpc) is 3.11. The molecule has 23 heavy (non-hydrogen) atoms. The number of rotatable bonds is 3. The van der Waals surface area contributed by atoms with E-state index in [9.17, 15) is 10.2 Å². The molecular weight excluding hydrogens is 288 g/mol. The molecule has 2 aromatic rings. The van der Waals surface area contributed by atoms with Crippen LogP contribution in [0.25, 0.3) is 10.9 Å². The van der Waals surface area contributed by atoms with Crippen molar-refractivity contribution in [1.82, 2.24) is 9.47 Å². The number of hydrogen-bond donors (Lipinski definition) is 2. The number of nitrogens with zero attached hydrogens (tertiary/aromatic N) is 2. The van der Waals surface area contributed by atoms with E-state index >= 15 is 0 Å². The van der Waals surface area contributed by atoms with E-state index in [0.717, 1.165) is 39.0 Å². The highest BCUT2D eigenvalue weighted by Crippen LogP contribution is 2.37. The Morgan fingerprint density at radius 2 is 1.74 bits per heavy atom. The zero-order chi connectivity index (χ0) is 16.0. The van der Waals surface area contributed by atoms with Gasteiger partial charge in [-0.05, 0) is 49.3 Å². The molecule has 0 spiro atoms. The Bertz CT molecular complexity index is 678. The van der Waals surface area contributed by atoms with Crippen LogP contribution in [-0.2, 0) is 13.1 Å². The van der Waals surface area contributed by atoms with E-state index in [0.29, 0.717) is 11.8 Å². The lowest BCUT2D eigenvalue weighted by atomic mass is 9.79. The lowest BCUT2D eigenvalue weighted by molar-refractivity contribution is -0.0372. The lowest BCUT2D eigenvalue weighted by Gasteiger charge is -2.32. The van der Waals surface area contributed by atoms with E-state index in [1.54, 1.807) is 0 Å². The normalized spacial score (nSPS) is 31.6. The van der Waals surface area contributed by atoms with Crippen molar-refractivity contribution >= 4 is 10.9 Å². The number of likely N-dealkylation sites (tertiary alicyclic amines) is 1. The molecule has 1 aliphatic carbocycles. The SMILES string of the molecule is CCn1ccc2c(CN3C[C@H]4C[C@H](O)[C@H](O)C[C@H]4C3)cccc21. The van der Waals surface area contributed by atoms with Crippen LogP contribution in [0.1, 0.15) is 25.3 Å². The van der Waals surface area contributed by atoms with Crippen molar-refractivity contribution < 1.29 is 10.2 Å². The zero-order valence-electron chi connectivity index (χ0n) is 13.7. The van der Waals surface area contributed by atoms with Gasteiger partial charge in [0.25, 0.3) is 0 Å². The number of aryl methyl sites for hydroxylation is 1. The van der Waals surface area contributed by atoms with Gasteiger partial charge in [-0.2, -0.15) is 0 Å². The second-order valence-corrected chi connectivity index (χ2v) is 7.27. The van der Waals surface area contributed by atoms with Crippen molar-refractivity contribution in [2.45, 2.75) is 45.1 Å². The summed E-state index contributed by atoms with van der Waals surface area (Å²) < 4.78 is 2.29. The van der Waals surface area contributed by atoms with Crippen molar-refractivity contribution in [2.75, 3.05) is 13.1 Å². The van der Waals surface area contributed by atoms with Gasteiger partial charge in [-0.3, -0.25) is 4.90 Å². The molecule has 1 aliphatic heterocycles. The maximum absolute atomic E-state index is 9.90. The standard InChI is InChI=1S/C19H26N2O2/c1-2-21-7-6-16-13(4-3-5-17(16)21)10-20-11-14-8-18(22)19(23)9-15(14)12-20/h3-7,14-15,18-19,22-23H,2,8-12H2,1H3/t14-,15+,18+,19-. The largest absolute Gasteiger partial charge is 0.390 e. The molecule has 2 heterocycles. The Hall–Kier alpha value is -1.36. The Morgan fingerprint density at radius 1 is 1.04 bits per heavy atom. The van der Waals surface area contributed by atoms with Gasteiger partial charge in [0.15, 0.2) is 0 Å². The maximum atomic E-state index is 9.90. The minimum Gasteiger partial charge on any atom is -0.390 e. The predicted octanol–water partition coefficient (Wildman–Crippen LogP) is 2.22. The highest BCUT2D eigenvalue weighted by Gasteiger charge is 2.40. The third kappa shape index (κ3) is 2.69. The summed E-state index contributed by atoms with van der Waals surface area (Å²) in [6.07, 6.45) is 2.61. The Balaban J connectivity index is 1.52. The van der Waals surface area contributed by atoms with Crippen LogP contribution in [0.15, 0.2) is 30.5 Å². The highest BCUT2D eigenvalue weighted by atomic mass is 16.3. The maximum Gasteiger partial charge on any atom is 0.0802 e. The molecule has 124 valence electrons. The molecule has 4 nitrogen and oxygen atoms in total. The van der Waals surface area contributed by atoms with Gasteiger partial charge >= 0.3 is 0 Å². The summed E-state index contributed by atoms with van der Waals surface area (Å²) in [4.78, 5) is 2.50. The number of aliphatic hydroxyl groups excluding tert-OH is 2. The molecule has 2 fully saturated rings. The van der Waals surface area contributed by atoms with Gasteiger partial charge < -0.3 is 14.8 Å². The summed E-state index contributed by atoms with van der Waals surface area (Å²) in [7, 11) is 0. The molecule has 0 radical (unpaired) electrons. The minimum absolute atomic E-state index is 0.529. The van der Waals surface area contributed by atoms with Crippen LogP contribution >= 0.6 is 0 Å². The molecule has 1 saturated heterocycles. The first-order valence-corrected chi connectivity index (χ1v) is 8.81. The number of aliphatic hydroxyl groups is 2. The van der Waals surface area contributed by atoms with E-state index in [1.165, 1.54) is 16.5 Å². The van der Waals surface area contributed by atoms with Crippen LogP contribution in [0.3, 0.4) is 0 Å². The summed E-state index contributed by atoms with van der Waals surface area (Å²) in [5, 5.41) is 21.2. The van der Waals surface area contributed by atoms with Crippen LogP contribution in [0.5, 0.6) is 0 Å². The third-order valence-electron chi connectivity index (χ3n) is 5.82. The summed E-state index contributed by atoms with van der Waals surface area (Å²) in [5.74, 6) is 1.07. The van der Waals surface area contributed by atoms with Gasteiger partial charge in [0.05, 0.1) is 12.2 Å². The summed E-state index contributed by atoms with van der Waals surface area (Å²) >= 11 is 0. The summed E-state index contributed by atoms with van der Waals surface area (Å²) in [6.45, 7) is 6.22. The Morgan fingerprint density at radius 3 is 2.39 bits per heavy atom. The van der Waals surface area contributed by atoms with E-state index in [4.69, 9.17) is 0 Å². The molecular formula is C19H26N2O2.